The van der Waals surface area contributed by atoms with Gasteiger partial charge in [0.25, 0.3) is 0 Å². The van der Waals surface area contributed by atoms with Crippen molar-refractivity contribution in [2.24, 2.45) is 0 Å². The maximum Gasteiger partial charge on any atom is 0.446 e. The standard InChI is InChI=1S/C14H13F3N2OS/c1-20-13-8-4-5-10(19-13)9-18-11-6-2-3-7-12(11)21-14(15,16)17/h2-8,18H,9H2,1H3. The average Bonchev–Trinajstić information content (AvgIpc) is 2.45. The van der Waals surface area contributed by atoms with E-state index in [0.717, 1.165) is 0 Å². The molecule has 0 bridgehead atoms. The molecule has 1 heterocycles. The predicted molar refractivity (Wildman–Crippen MR) is 76.5 cm³/mol. The van der Waals surface area contributed by atoms with Crippen molar-refractivity contribution in [3.05, 3.63) is 48.2 Å². The van der Waals surface area contributed by atoms with Crippen LogP contribution in [-0.4, -0.2) is 17.6 Å². The molecule has 0 spiro atoms. The third-order valence-corrected chi connectivity index (χ3v) is 3.37. The molecule has 2 rings (SSSR count). The fraction of sp³-hybridized carbons (Fsp3) is 0.214. The summed E-state index contributed by atoms with van der Waals surface area (Å²) in [4.78, 5) is 4.33. The van der Waals surface area contributed by atoms with E-state index in [1.807, 2.05) is 0 Å². The second kappa shape index (κ2) is 6.71. The number of nitrogens with one attached hydrogen (secondary N) is 1. The van der Waals surface area contributed by atoms with Gasteiger partial charge in [0.15, 0.2) is 0 Å². The Labute approximate surface area is 124 Å². The Morgan fingerprint density at radius 2 is 1.90 bits per heavy atom. The first-order valence-corrected chi connectivity index (χ1v) is 6.88. The van der Waals surface area contributed by atoms with Crippen LogP contribution in [0.15, 0.2) is 47.4 Å². The van der Waals surface area contributed by atoms with E-state index in [9.17, 15) is 13.2 Å². The highest BCUT2D eigenvalue weighted by molar-refractivity contribution is 8.00. The van der Waals surface area contributed by atoms with Gasteiger partial charge in [0.1, 0.15) is 0 Å². The molecule has 21 heavy (non-hydrogen) atoms. The molecule has 2 aromatic rings. The molecule has 0 aliphatic heterocycles. The van der Waals surface area contributed by atoms with Crippen LogP contribution in [-0.2, 0) is 6.54 Å². The van der Waals surface area contributed by atoms with Crippen LogP contribution in [0.2, 0.25) is 0 Å². The topological polar surface area (TPSA) is 34.1 Å². The molecule has 0 saturated carbocycles. The summed E-state index contributed by atoms with van der Waals surface area (Å²) in [5.41, 5.74) is -3.21. The van der Waals surface area contributed by atoms with Crippen LogP contribution in [0.4, 0.5) is 18.9 Å². The average molecular weight is 314 g/mol. The van der Waals surface area contributed by atoms with E-state index in [2.05, 4.69) is 10.3 Å². The van der Waals surface area contributed by atoms with Crippen molar-refractivity contribution in [1.29, 1.82) is 0 Å². The van der Waals surface area contributed by atoms with Gasteiger partial charge in [0, 0.05) is 16.6 Å². The van der Waals surface area contributed by atoms with E-state index in [1.54, 1.807) is 36.4 Å². The number of alkyl halides is 3. The highest BCUT2D eigenvalue weighted by Crippen LogP contribution is 2.40. The van der Waals surface area contributed by atoms with Crippen molar-refractivity contribution in [3.63, 3.8) is 0 Å². The summed E-state index contributed by atoms with van der Waals surface area (Å²) in [6, 6.07) is 11.5. The highest BCUT2D eigenvalue weighted by atomic mass is 32.2. The fourth-order valence-corrected chi connectivity index (χ4v) is 2.33. The number of halogens is 3. The first-order valence-electron chi connectivity index (χ1n) is 6.06. The summed E-state index contributed by atoms with van der Waals surface area (Å²) in [5.74, 6) is 0.465. The zero-order valence-corrected chi connectivity index (χ0v) is 12.0. The largest absolute Gasteiger partial charge is 0.481 e. The van der Waals surface area contributed by atoms with Crippen LogP contribution < -0.4 is 10.1 Å². The van der Waals surface area contributed by atoms with Crippen LogP contribution in [0.25, 0.3) is 0 Å². The van der Waals surface area contributed by atoms with Crippen LogP contribution in [0, 0.1) is 0 Å². The zero-order valence-electron chi connectivity index (χ0n) is 11.1. The maximum absolute atomic E-state index is 12.5. The second-order valence-corrected chi connectivity index (χ2v) is 5.18. The number of hydrogen-bond donors (Lipinski definition) is 1. The molecule has 1 aromatic carbocycles. The summed E-state index contributed by atoms with van der Waals surface area (Å²) < 4.78 is 42.5. The van der Waals surface area contributed by atoms with Gasteiger partial charge in [-0.15, -0.1) is 0 Å². The number of nitrogens with zero attached hydrogens (tertiary/aromatic N) is 1. The van der Waals surface area contributed by atoms with Crippen LogP contribution >= 0.6 is 11.8 Å². The molecular weight excluding hydrogens is 301 g/mol. The Bertz CT molecular complexity index is 605. The summed E-state index contributed by atoms with van der Waals surface area (Å²) in [7, 11) is 1.51. The van der Waals surface area contributed by atoms with Gasteiger partial charge in [-0.1, -0.05) is 18.2 Å². The van der Waals surface area contributed by atoms with E-state index in [4.69, 9.17) is 4.74 Å². The lowest BCUT2D eigenvalue weighted by molar-refractivity contribution is -0.0327. The quantitative estimate of drug-likeness (QED) is 0.834. The minimum atomic E-state index is -4.31. The molecule has 1 aromatic heterocycles. The lowest BCUT2D eigenvalue weighted by atomic mass is 10.3. The highest BCUT2D eigenvalue weighted by Gasteiger charge is 2.30. The van der Waals surface area contributed by atoms with E-state index in [0.29, 0.717) is 23.8 Å². The van der Waals surface area contributed by atoms with Crippen molar-refractivity contribution < 1.29 is 17.9 Å². The molecule has 0 fully saturated rings. The Balaban J connectivity index is 2.09. The van der Waals surface area contributed by atoms with Crippen molar-refractivity contribution >= 4 is 17.4 Å². The molecule has 112 valence electrons. The molecule has 0 amide bonds. The van der Waals surface area contributed by atoms with Crippen molar-refractivity contribution in [2.75, 3.05) is 12.4 Å². The number of para-hydroxylation sites is 1. The zero-order chi connectivity index (χ0) is 15.3. The van der Waals surface area contributed by atoms with Gasteiger partial charge in [-0.25, -0.2) is 4.98 Å². The van der Waals surface area contributed by atoms with Gasteiger partial charge in [-0.2, -0.15) is 13.2 Å². The monoisotopic (exact) mass is 314 g/mol. The van der Waals surface area contributed by atoms with E-state index >= 15 is 0 Å². The molecule has 0 unspecified atom stereocenters. The number of ether oxygens (including phenoxy) is 1. The third-order valence-electron chi connectivity index (χ3n) is 2.56. The van der Waals surface area contributed by atoms with Gasteiger partial charge in [0.05, 0.1) is 19.3 Å². The Morgan fingerprint density at radius 1 is 1.14 bits per heavy atom. The van der Waals surface area contributed by atoms with Gasteiger partial charge in [-0.3, -0.25) is 0 Å². The molecule has 0 saturated heterocycles. The smallest absolute Gasteiger partial charge is 0.446 e. The number of methoxy groups -OCH3 is 1. The fourth-order valence-electron chi connectivity index (χ4n) is 1.68. The summed E-state index contributed by atoms with van der Waals surface area (Å²) in [6.07, 6.45) is 0. The summed E-state index contributed by atoms with van der Waals surface area (Å²) in [6.45, 7) is 0.312. The van der Waals surface area contributed by atoms with Crippen molar-refractivity contribution in [1.82, 2.24) is 4.98 Å². The first-order chi connectivity index (χ1) is 9.98. The van der Waals surface area contributed by atoms with Crippen LogP contribution in [0.3, 0.4) is 0 Å². The number of rotatable bonds is 5. The minimum Gasteiger partial charge on any atom is -0.481 e. The molecular formula is C14H13F3N2OS. The normalized spacial score (nSPS) is 11.2. The van der Waals surface area contributed by atoms with Gasteiger partial charge < -0.3 is 10.1 Å². The molecule has 0 aliphatic carbocycles. The maximum atomic E-state index is 12.5. The minimum absolute atomic E-state index is 0.132. The van der Waals surface area contributed by atoms with E-state index < -0.39 is 5.51 Å². The summed E-state index contributed by atoms with van der Waals surface area (Å²) >= 11 is -0.137. The van der Waals surface area contributed by atoms with Gasteiger partial charge in [-0.05, 0) is 30.0 Å². The van der Waals surface area contributed by atoms with Crippen LogP contribution in [0.5, 0.6) is 5.88 Å². The third kappa shape index (κ3) is 4.86. The first kappa shape index (κ1) is 15.5. The lowest BCUT2D eigenvalue weighted by Gasteiger charge is -2.13. The Hall–Kier alpha value is -1.89. The number of thioether (sulfide) groups is 1. The molecule has 7 heteroatoms. The van der Waals surface area contributed by atoms with Gasteiger partial charge >= 0.3 is 5.51 Å². The molecule has 0 radical (unpaired) electrons. The summed E-state index contributed by atoms with van der Waals surface area (Å²) in [5, 5.41) is 2.96. The molecule has 0 aliphatic rings. The molecule has 0 atom stereocenters. The van der Waals surface area contributed by atoms with E-state index in [1.165, 1.54) is 13.2 Å². The number of hydrogen-bond acceptors (Lipinski definition) is 4. The van der Waals surface area contributed by atoms with E-state index in [-0.39, 0.29) is 16.7 Å². The van der Waals surface area contributed by atoms with Crippen LogP contribution in [0.1, 0.15) is 5.69 Å². The Morgan fingerprint density at radius 3 is 2.62 bits per heavy atom. The number of anilines is 1. The van der Waals surface area contributed by atoms with Gasteiger partial charge in [0.2, 0.25) is 5.88 Å². The van der Waals surface area contributed by atoms with Crippen molar-refractivity contribution in [2.45, 2.75) is 16.9 Å². The molecule has 3 nitrogen and oxygen atoms in total. The number of benzene rings is 1. The predicted octanol–water partition coefficient (Wildman–Crippen LogP) is 4.31. The van der Waals surface area contributed by atoms with Crippen molar-refractivity contribution in [3.8, 4) is 5.88 Å². The SMILES string of the molecule is COc1cccc(CNc2ccccc2SC(F)(F)F)n1. The number of pyridine rings is 1. The number of aromatic nitrogens is 1. The lowest BCUT2D eigenvalue weighted by Crippen LogP contribution is -2.05. The molecule has 1 N–H and O–H groups in total. The Kier molecular flexibility index (Phi) is 4.95. The second-order valence-electron chi connectivity index (χ2n) is 4.07.